The maximum atomic E-state index is 12.1. The summed E-state index contributed by atoms with van der Waals surface area (Å²) in [6.07, 6.45) is -13.0. The molecule has 0 aliphatic rings. The topological polar surface area (TPSA) is 12.4 Å². The van der Waals surface area contributed by atoms with Gasteiger partial charge in [0.1, 0.15) is 0 Å². The van der Waals surface area contributed by atoms with Crippen molar-refractivity contribution in [2.45, 2.75) is 24.3 Å². The van der Waals surface area contributed by atoms with Gasteiger partial charge < -0.3 is 0 Å². The Hall–Kier alpha value is -1.10. The molecule has 0 aliphatic heterocycles. The van der Waals surface area contributed by atoms with Crippen molar-refractivity contribution >= 4 is 5.97 Å². The summed E-state index contributed by atoms with van der Waals surface area (Å²) in [7, 11) is 0. The van der Waals surface area contributed by atoms with Crippen molar-refractivity contribution in [1.29, 1.82) is 0 Å². The molecule has 0 aromatic carbocycles. The van der Waals surface area contributed by atoms with Crippen LogP contribution in [0.3, 0.4) is 0 Å². The normalized spacial score (nSPS) is 16.3. The largest absolute Gasteiger partial charge is 0.505 e. The number of hydrogen-bond donors (Lipinski definition) is 0. The van der Waals surface area contributed by atoms with Crippen LogP contribution in [0.2, 0.25) is 0 Å². The predicted octanol–water partition coefficient (Wildman–Crippen LogP) is 3.71. The molecule has 0 saturated heterocycles. The van der Waals surface area contributed by atoms with E-state index >= 15 is 0 Å². The van der Waals surface area contributed by atoms with Gasteiger partial charge >= 0.3 is 24.3 Å². The summed E-state index contributed by atoms with van der Waals surface area (Å²) in [5.41, 5.74) is 0. The van der Waals surface area contributed by atoms with Crippen LogP contribution in [0.25, 0.3) is 0 Å². The monoisotopic (exact) mass is 283 g/mol. The lowest BCUT2D eigenvalue weighted by Crippen LogP contribution is -2.55. The van der Waals surface area contributed by atoms with E-state index in [0.29, 0.717) is 4.99 Å². The van der Waals surface area contributed by atoms with E-state index in [-0.39, 0.29) is 0 Å². The number of halogens is 11. The molecule has 0 aliphatic carbocycles. The van der Waals surface area contributed by atoms with Crippen molar-refractivity contribution in [3.05, 3.63) is 0 Å². The van der Waals surface area contributed by atoms with Gasteiger partial charge in [0, 0.05) is 0 Å². The van der Waals surface area contributed by atoms with E-state index in [1.807, 2.05) is 0 Å². The third kappa shape index (κ3) is 3.19. The quantitative estimate of drug-likeness (QED) is 0.416. The highest BCUT2D eigenvalue weighted by molar-refractivity contribution is 5.83. The molecule has 0 aromatic heterocycles. The molecule has 0 heterocycles. The van der Waals surface area contributed by atoms with Gasteiger partial charge in [-0.15, -0.1) is 13.2 Å². The van der Waals surface area contributed by atoms with Crippen molar-refractivity contribution in [2.24, 2.45) is 4.99 Å². The Kier molecular flexibility index (Phi) is 3.72. The highest BCUT2D eigenvalue weighted by Crippen LogP contribution is 2.47. The van der Waals surface area contributed by atoms with Crippen molar-refractivity contribution in [3.63, 3.8) is 0 Å². The lowest BCUT2D eigenvalue weighted by Gasteiger charge is -2.26. The smallest absolute Gasteiger partial charge is 0.189 e. The summed E-state index contributed by atoms with van der Waals surface area (Å²) in [5, 5.41) is 0. The summed E-state index contributed by atoms with van der Waals surface area (Å²) in [5.74, 6) is -17.9. The van der Waals surface area contributed by atoms with Crippen LogP contribution in [0.4, 0.5) is 48.3 Å². The molecule has 0 fully saturated rings. The Morgan fingerprint density at radius 1 is 0.706 bits per heavy atom. The third-order valence-electron chi connectivity index (χ3n) is 1.23. The van der Waals surface area contributed by atoms with E-state index in [1.165, 1.54) is 0 Å². The first-order chi connectivity index (χ1) is 7.13. The van der Waals surface area contributed by atoms with Crippen LogP contribution in [0.15, 0.2) is 4.99 Å². The van der Waals surface area contributed by atoms with Gasteiger partial charge in [0.25, 0.3) is 5.97 Å². The van der Waals surface area contributed by atoms with E-state index in [4.69, 9.17) is 0 Å². The van der Waals surface area contributed by atoms with Crippen LogP contribution in [-0.2, 0) is 0 Å². The first-order valence-corrected chi connectivity index (χ1v) is 3.28. The second-order valence-corrected chi connectivity index (χ2v) is 2.52. The molecule has 12 heteroatoms. The van der Waals surface area contributed by atoms with Crippen LogP contribution in [0.5, 0.6) is 0 Å². The Balaban J connectivity index is 5.51. The summed E-state index contributed by atoms with van der Waals surface area (Å²) in [6.45, 7) is 0. The molecule has 0 N–H and O–H groups in total. The van der Waals surface area contributed by atoms with Crippen LogP contribution in [-0.4, -0.2) is 30.3 Å². The molecule has 102 valence electrons. The highest BCUT2D eigenvalue weighted by Gasteiger charge is 2.76. The summed E-state index contributed by atoms with van der Waals surface area (Å²) in [6, 6.07) is 0. The number of aliphatic imine (C=N–C) groups is 1. The van der Waals surface area contributed by atoms with Gasteiger partial charge in [-0.2, -0.15) is 40.1 Å². The molecular formula is C5F11N. The Morgan fingerprint density at radius 2 is 1.06 bits per heavy atom. The minimum absolute atomic E-state index is 0.481. The second kappa shape index (κ2) is 3.98. The number of hydrogen-bond acceptors (Lipinski definition) is 1. The van der Waals surface area contributed by atoms with Crippen LogP contribution >= 0.6 is 0 Å². The van der Waals surface area contributed by atoms with Crippen LogP contribution in [0, 0.1) is 0 Å². The van der Waals surface area contributed by atoms with E-state index in [0.717, 1.165) is 0 Å². The maximum Gasteiger partial charge on any atom is 0.505 e. The zero-order valence-corrected chi connectivity index (χ0v) is 7.10. The second-order valence-electron chi connectivity index (χ2n) is 2.52. The van der Waals surface area contributed by atoms with E-state index < -0.39 is 30.3 Å². The van der Waals surface area contributed by atoms with Crippen molar-refractivity contribution in [1.82, 2.24) is 0 Å². The van der Waals surface area contributed by atoms with Gasteiger partial charge in [-0.05, 0) is 0 Å². The molecule has 0 rings (SSSR count). The van der Waals surface area contributed by atoms with Gasteiger partial charge in [0.2, 0.25) is 0 Å². The minimum atomic E-state index is -7.02. The highest BCUT2D eigenvalue weighted by atomic mass is 19.4. The standard InChI is InChI=1S/C5F11N/c6-1(17-5(14,15)16)2(7,8)3(9,10)4(11,12)13. The average molecular weight is 283 g/mol. The van der Waals surface area contributed by atoms with Gasteiger partial charge in [-0.25, -0.2) is 0 Å². The van der Waals surface area contributed by atoms with Gasteiger partial charge in [-0.1, -0.05) is 0 Å². The molecule has 0 atom stereocenters. The molecule has 17 heavy (non-hydrogen) atoms. The summed E-state index contributed by atoms with van der Waals surface area (Å²) < 4.78 is 128. The molecule has 0 spiro atoms. The van der Waals surface area contributed by atoms with Gasteiger partial charge in [0.15, 0.2) is 0 Å². The first kappa shape index (κ1) is 15.9. The van der Waals surface area contributed by atoms with E-state index in [1.54, 1.807) is 0 Å². The molecule has 0 amide bonds. The van der Waals surface area contributed by atoms with Gasteiger partial charge in [0.05, 0.1) is 0 Å². The lowest BCUT2D eigenvalue weighted by molar-refractivity contribution is -0.338. The molecule has 0 aromatic rings. The van der Waals surface area contributed by atoms with Crippen molar-refractivity contribution < 1.29 is 48.3 Å². The third-order valence-corrected chi connectivity index (χ3v) is 1.23. The van der Waals surface area contributed by atoms with E-state index in [9.17, 15) is 48.3 Å². The van der Waals surface area contributed by atoms with Crippen molar-refractivity contribution in [2.75, 3.05) is 0 Å². The van der Waals surface area contributed by atoms with Gasteiger partial charge in [-0.3, -0.25) is 0 Å². The first-order valence-electron chi connectivity index (χ1n) is 3.28. The SMILES string of the molecule is FC(=NC(F)(F)F)C(F)(F)C(F)(F)C(F)(F)F. The fraction of sp³-hybridized carbons (Fsp3) is 0.800. The molecule has 0 bridgehead atoms. The predicted molar refractivity (Wildman–Crippen MR) is 30.5 cm³/mol. The van der Waals surface area contributed by atoms with E-state index in [2.05, 4.69) is 0 Å². The Bertz CT molecular complexity index is 307. The fourth-order valence-corrected chi connectivity index (χ4v) is 0.489. The Morgan fingerprint density at radius 3 is 1.29 bits per heavy atom. The molecule has 0 saturated carbocycles. The number of rotatable bonds is 2. The number of nitrogens with zero attached hydrogens (tertiary/aromatic N) is 1. The average Bonchev–Trinajstić information content (AvgIpc) is 1.97. The van der Waals surface area contributed by atoms with Crippen molar-refractivity contribution in [3.8, 4) is 0 Å². The summed E-state index contributed by atoms with van der Waals surface area (Å²) >= 11 is 0. The molecule has 1 nitrogen and oxygen atoms in total. The number of alkyl halides is 10. The fourth-order valence-electron chi connectivity index (χ4n) is 0.489. The maximum absolute atomic E-state index is 12.1. The molecule has 0 unspecified atom stereocenters. The zero-order chi connectivity index (χ0) is 14.3. The Labute approximate surface area is 84.9 Å². The zero-order valence-electron chi connectivity index (χ0n) is 7.10. The molecule has 0 radical (unpaired) electrons. The van der Waals surface area contributed by atoms with Crippen LogP contribution in [0.1, 0.15) is 0 Å². The minimum Gasteiger partial charge on any atom is -0.189 e. The lowest BCUT2D eigenvalue weighted by atomic mass is 10.1. The summed E-state index contributed by atoms with van der Waals surface area (Å²) in [4.78, 5) is 0.481. The molecular weight excluding hydrogens is 283 g/mol. The van der Waals surface area contributed by atoms with Crippen LogP contribution < -0.4 is 0 Å².